The molecule has 1 aliphatic heterocycles. The first-order valence-electron chi connectivity index (χ1n) is 10.2. The predicted molar refractivity (Wildman–Crippen MR) is 123 cm³/mol. The van der Waals surface area contributed by atoms with Gasteiger partial charge in [-0.15, -0.1) is 24.0 Å². The number of non-ortho nitro benzene ring substituents is 1. The molecule has 2 aliphatic rings. The van der Waals surface area contributed by atoms with Gasteiger partial charge in [0, 0.05) is 43.9 Å². The van der Waals surface area contributed by atoms with E-state index in [1.54, 1.807) is 12.1 Å². The third-order valence-corrected chi connectivity index (χ3v) is 5.60. The minimum absolute atomic E-state index is 0. The normalized spacial score (nSPS) is 19.2. The first-order chi connectivity index (χ1) is 13.2. The number of piperidine rings is 1. The summed E-state index contributed by atoms with van der Waals surface area (Å²) in [7, 11) is 0. The van der Waals surface area contributed by atoms with Crippen LogP contribution in [0.15, 0.2) is 29.3 Å². The number of nitrogens with one attached hydrogen (secondary N) is 2. The minimum Gasteiger partial charge on any atom is -0.357 e. The van der Waals surface area contributed by atoms with Gasteiger partial charge in [0.2, 0.25) is 0 Å². The first kappa shape index (κ1) is 22.9. The van der Waals surface area contributed by atoms with Gasteiger partial charge < -0.3 is 15.5 Å². The van der Waals surface area contributed by atoms with Crippen LogP contribution < -0.4 is 10.6 Å². The van der Waals surface area contributed by atoms with Crippen molar-refractivity contribution in [3.8, 4) is 0 Å². The molecule has 1 aromatic carbocycles. The maximum Gasteiger partial charge on any atom is 0.269 e. The smallest absolute Gasteiger partial charge is 0.269 e. The molecule has 1 aliphatic carbocycles. The zero-order chi connectivity index (χ0) is 19.1. The highest BCUT2D eigenvalue weighted by Crippen LogP contribution is 2.26. The average Bonchev–Trinajstić information content (AvgIpc) is 3.22. The summed E-state index contributed by atoms with van der Waals surface area (Å²) < 4.78 is 0. The van der Waals surface area contributed by atoms with Crippen molar-refractivity contribution in [2.24, 2.45) is 4.99 Å². The lowest BCUT2D eigenvalue weighted by Crippen LogP contribution is -2.50. The largest absolute Gasteiger partial charge is 0.357 e. The summed E-state index contributed by atoms with van der Waals surface area (Å²) in [6.07, 6.45) is 7.78. The molecular weight excluding hydrogens is 469 g/mol. The lowest BCUT2D eigenvalue weighted by Gasteiger charge is -2.36. The molecule has 2 fully saturated rings. The zero-order valence-electron chi connectivity index (χ0n) is 16.6. The Balaban J connectivity index is 0.00000280. The maximum atomic E-state index is 10.9. The van der Waals surface area contributed by atoms with Crippen molar-refractivity contribution in [2.75, 3.05) is 19.6 Å². The van der Waals surface area contributed by atoms with Crippen LogP contribution in [0.3, 0.4) is 0 Å². The molecule has 0 atom stereocenters. The summed E-state index contributed by atoms with van der Waals surface area (Å²) in [6.45, 7) is 5.59. The standard InChI is InChI=1S/C20H31N5O2.HI/c1-2-21-20(22-15-16-6-5-9-19(14-16)25(26)27)23-17-10-12-24(13-11-17)18-7-3-4-8-18;/h5-6,9,14,17-18H,2-4,7-8,10-13,15H2,1H3,(H2,21,22,23);1H. The number of likely N-dealkylation sites (tertiary alicyclic amines) is 1. The Morgan fingerprint density at radius 1 is 1.25 bits per heavy atom. The fourth-order valence-electron chi connectivity index (χ4n) is 4.13. The number of hydrogen-bond acceptors (Lipinski definition) is 4. The molecule has 0 spiro atoms. The van der Waals surface area contributed by atoms with Crippen molar-refractivity contribution >= 4 is 35.6 Å². The van der Waals surface area contributed by atoms with Crippen molar-refractivity contribution < 1.29 is 4.92 Å². The molecule has 1 heterocycles. The van der Waals surface area contributed by atoms with Crippen LogP contribution in [0.2, 0.25) is 0 Å². The van der Waals surface area contributed by atoms with E-state index in [1.165, 1.54) is 31.7 Å². The summed E-state index contributed by atoms with van der Waals surface area (Å²) in [4.78, 5) is 17.9. The van der Waals surface area contributed by atoms with Crippen LogP contribution in [-0.2, 0) is 6.54 Å². The van der Waals surface area contributed by atoms with E-state index in [0.717, 1.165) is 50.0 Å². The van der Waals surface area contributed by atoms with Gasteiger partial charge in [0.05, 0.1) is 11.5 Å². The molecule has 0 bridgehead atoms. The SMILES string of the molecule is CCNC(=NCc1cccc([N+](=O)[O-])c1)NC1CCN(C2CCCC2)CC1.I. The molecule has 1 aromatic rings. The molecule has 2 N–H and O–H groups in total. The molecule has 1 saturated heterocycles. The quantitative estimate of drug-likeness (QED) is 0.204. The van der Waals surface area contributed by atoms with E-state index in [4.69, 9.17) is 0 Å². The molecule has 0 aromatic heterocycles. The number of guanidine groups is 1. The van der Waals surface area contributed by atoms with E-state index in [1.807, 2.05) is 13.0 Å². The highest BCUT2D eigenvalue weighted by Gasteiger charge is 2.27. The van der Waals surface area contributed by atoms with Crippen LogP contribution in [0.25, 0.3) is 0 Å². The molecule has 7 nitrogen and oxygen atoms in total. The van der Waals surface area contributed by atoms with Crippen molar-refractivity contribution in [2.45, 2.75) is 64.1 Å². The summed E-state index contributed by atoms with van der Waals surface area (Å²) in [5, 5.41) is 17.8. The number of benzene rings is 1. The van der Waals surface area contributed by atoms with Crippen LogP contribution in [0.4, 0.5) is 5.69 Å². The zero-order valence-corrected chi connectivity index (χ0v) is 18.9. The lowest BCUT2D eigenvalue weighted by molar-refractivity contribution is -0.384. The second-order valence-corrected chi connectivity index (χ2v) is 7.52. The van der Waals surface area contributed by atoms with Gasteiger partial charge in [-0.1, -0.05) is 25.0 Å². The monoisotopic (exact) mass is 501 g/mol. The van der Waals surface area contributed by atoms with E-state index < -0.39 is 0 Å². The molecule has 28 heavy (non-hydrogen) atoms. The third-order valence-electron chi connectivity index (χ3n) is 5.60. The average molecular weight is 501 g/mol. The number of rotatable bonds is 6. The van der Waals surface area contributed by atoms with E-state index in [-0.39, 0.29) is 34.6 Å². The van der Waals surface area contributed by atoms with E-state index in [0.29, 0.717) is 12.6 Å². The Bertz CT molecular complexity index is 656. The van der Waals surface area contributed by atoms with Crippen molar-refractivity contribution in [1.82, 2.24) is 15.5 Å². The van der Waals surface area contributed by atoms with Gasteiger partial charge >= 0.3 is 0 Å². The Labute approximate surface area is 184 Å². The number of nitrogens with zero attached hydrogens (tertiary/aromatic N) is 3. The van der Waals surface area contributed by atoms with Gasteiger partial charge in [0.1, 0.15) is 0 Å². The molecule has 0 unspecified atom stereocenters. The molecule has 3 rings (SSSR count). The summed E-state index contributed by atoms with van der Waals surface area (Å²) in [5.41, 5.74) is 0.956. The Hall–Kier alpha value is -1.42. The third kappa shape index (κ3) is 6.58. The van der Waals surface area contributed by atoms with Gasteiger partial charge in [-0.25, -0.2) is 4.99 Å². The number of halogens is 1. The first-order valence-corrected chi connectivity index (χ1v) is 10.2. The van der Waals surface area contributed by atoms with Crippen LogP contribution in [-0.4, -0.2) is 47.5 Å². The fraction of sp³-hybridized carbons (Fsp3) is 0.650. The van der Waals surface area contributed by atoms with Gasteiger partial charge in [0.15, 0.2) is 5.96 Å². The Morgan fingerprint density at radius 3 is 2.61 bits per heavy atom. The maximum absolute atomic E-state index is 10.9. The highest BCUT2D eigenvalue weighted by atomic mass is 127. The van der Waals surface area contributed by atoms with Crippen LogP contribution in [0, 0.1) is 10.1 Å². The highest BCUT2D eigenvalue weighted by molar-refractivity contribution is 14.0. The summed E-state index contributed by atoms with van der Waals surface area (Å²) in [6, 6.07) is 7.93. The Morgan fingerprint density at radius 2 is 1.96 bits per heavy atom. The van der Waals surface area contributed by atoms with Gasteiger partial charge in [-0.05, 0) is 38.2 Å². The lowest BCUT2D eigenvalue weighted by atomic mass is 10.0. The molecule has 0 amide bonds. The van der Waals surface area contributed by atoms with E-state index >= 15 is 0 Å². The van der Waals surface area contributed by atoms with Crippen molar-refractivity contribution in [1.29, 1.82) is 0 Å². The van der Waals surface area contributed by atoms with Gasteiger partial charge in [-0.3, -0.25) is 10.1 Å². The molecule has 1 saturated carbocycles. The number of aliphatic imine (C=N–C) groups is 1. The van der Waals surface area contributed by atoms with E-state index in [9.17, 15) is 10.1 Å². The molecular formula is C20H32IN5O2. The van der Waals surface area contributed by atoms with Crippen molar-refractivity contribution in [3.63, 3.8) is 0 Å². The van der Waals surface area contributed by atoms with E-state index in [2.05, 4.69) is 20.5 Å². The molecule has 156 valence electrons. The van der Waals surface area contributed by atoms with Crippen LogP contribution in [0.1, 0.15) is 51.0 Å². The summed E-state index contributed by atoms with van der Waals surface area (Å²) >= 11 is 0. The van der Waals surface area contributed by atoms with Crippen LogP contribution in [0.5, 0.6) is 0 Å². The van der Waals surface area contributed by atoms with Crippen LogP contribution >= 0.6 is 24.0 Å². The fourth-order valence-corrected chi connectivity index (χ4v) is 4.13. The summed E-state index contributed by atoms with van der Waals surface area (Å²) in [5.74, 6) is 0.795. The van der Waals surface area contributed by atoms with Crippen molar-refractivity contribution in [3.05, 3.63) is 39.9 Å². The topological polar surface area (TPSA) is 82.8 Å². The number of nitro groups is 1. The molecule has 0 radical (unpaired) electrons. The number of hydrogen-bond donors (Lipinski definition) is 2. The second-order valence-electron chi connectivity index (χ2n) is 7.52. The number of nitro benzene ring substituents is 1. The second kappa shape index (κ2) is 11.5. The van der Waals surface area contributed by atoms with Gasteiger partial charge in [-0.2, -0.15) is 0 Å². The molecule has 8 heteroatoms. The van der Waals surface area contributed by atoms with Gasteiger partial charge in [0.25, 0.3) is 5.69 Å². The predicted octanol–water partition coefficient (Wildman–Crippen LogP) is 3.67. The Kier molecular flexibility index (Phi) is 9.43. The minimum atomic E-state index is -0.366.